The maximum Gasteiger partial charge on any atom is 0.147 e. The quantitative estimate of drug-likeness (QED) is 0.660. The first-order valence-electron chi connectivity index (χ1n) is 5.40. The van der Waals surface area contributed by atoms with Crippen LogP contribution in [0.25, 0.3) is 0 Å². The van der Waals surface area contributed by atoms with Gasteiger partial charge < -0.3 is 19.9 Å². The standard InChI is InChI=1S/C10H21NO3/c1-2-9(3-5-12)11-7-10-4-6-13-8-14-10/h9-12H,2-8H2,1H3. The Hall–Kier alpha value is -0.160. The minimum Gasteiger partial charge on any atom is -0.396 e. The zero-order valence-electron chi connectivity index (χ0n) is 8.87. The van der Waals surface area contributed by atoms with Crippen LogP contribution in [0, 0.1) is 0 Å². The minimum absolute atomic E-state index is 0.250. The summed E-state index contributed by atoms with van der Waals surface area (Å²) >= 11 is 0. The average molecular weight is 203 g/mol. The van der Waals surface area contributed by atoms with Gasteiger partial charge in [0.1, 0.15) is 6.79 Å². The predicted octanol–water partition coefficient (Wildman–Crippen LogP) is 0.500. The molecule has 14 heavy (non-hydrogen) atoms. The van der Waals surface area contributed by atoms with Crippen LogP contribution in [0.1, 0.15) is 26.2 Å². The SMILES string of the molecule is CCC(CCO)NCC1CCOCO1. The fraction of sp³-hybridized carbons (Fsp3) is 1.00. The Labute approximate surface area is 85.6 Å². The zero-order chi connectivity index (χ0) is 10.2. The first-order chi connectivity index (χ1) is 6.86. The molecule has 4 nitrogen and oxygen atoms in total. The molecule has 2 unspecified atom stereocenters. The number of ether oxygens (including phenoxy) is 2. The van der Waals surface area contributed by atoms with Gasteiger partial charge >= 0.3 is 0 Å². The molecule has 0 radical (unpaired) electrons. The van der Waals surface area contributed by atoms with E-state index in [0.717, 1.165) is 32.4 Å². The molecule has 1 aliphatic heterocycles. The third-order valence-electron chi connectivity index (χ3n) is 2.58. The summed E-state index contributed by atoms with van der Waals surface area (Å²) in [6.07, 6.45) is 3.10. The molecule has 1 heterocycles. The van der Waals surface area contributed by atoms with Gasteiger partial charge in [-0.05, 0) is 19.3 Å². The Bertz CT molecular complexity index is 133. The van der Waals surface area contributed by atoms with Gasteiger partial charge in [0, 0.05) is 19.2 Å². The van der Waals surface area contributed by atoms with Crippen LogP contribution in [0.4, 0.5) is 0 Å². The van der Waals surface area contributed by atoms with E-state index in [-0.39, 0.29) is 12.7 Å². The highest BCUT2D eigenvalue weighted by Gasteiger charge is 2.15. The normalized spacial score (nSPS) is 24.9. The second-order valence-electron chi connectivity index (χ2n) is 3.63. The molecule has 1 fully saturated rings. The van der Waals surface area contributed by atoms with Crippen LogP contribution >= 0.6 is 0 Å². The van der Waals surface area contributed by atoms with E-state index in [1.54, 1.807) is 0 Å². The molecule has 1 aliphatic rings. The van der Waals surface area contributed by atoms with Crippen molar-refractivity contribution in [2.24, 2.45) is 0 Å². The summed E-state index contributed by atoms with van der Waals surface area (Å²) < 4.78 is 10.5. The lowest BCUT2D eigenvalue weighted by Gasteiger charge is -2.25. The van der Waals surface area contributed by atoms with Crippen LogP contribution in [0.2, 0.25) is 0 Å². The first-order valence-corrected chi connectivity index (χ1v) is 5.40. The van der Waals surface area contributed by atoms with Crippen LogP contribution in [0.3, 0.4) is 0 Å². The van der Waals surface area contributed by atoms with Crippen molar-refractivity contribution in [1.82, 2.24) is 5.32 Å². The lowest BCUT2D eigenvalue weighted by Crippen LogP contribution is -2.39. The molecular weight excluding hydrogens is 182 g/mol. The summed E-state index contributed by atoms with van der Waals surface area (Å²) in [7, 11) is 0. The van der Waals surface area contributed by atoms with Crippen LogP contribution < -0.4 is 5.32 Å². The van der Waals surface area contributed by atoms with Gasteiger partial charge in [0.2, 0.25) is 0 Å². The largest absolute Gasteiger partial charge is 0.396 e. The number of nitrogens with one attached hydrogen (secondary N) is 1. The highest BCUT2D eigenvalue weighted by Crippen LogP contribution is 2.06. The van der Waals surface area contributed by atoms with Crippen LogP contribution in [-0.4, -0.2) is 43.8 Å². The number of rotatable bonds is 6. The number of aliphatic hydroxyl groups is 1. The lowest BCUT2D eigenvalue weighted by molar-refractivity contribution is -0.137. The number of aliphatic hydroxyl groups excluding tert-OH is 1. The molecule has 0 aliphatic carbocycles. The first kappa shape index (κ1) is 11.9. The molecule has 0 aromatic carbocycles. The Balaban J connectivity index is 2.10. The Morgan fingerprint density at radius 1 is 1.57 bits per heavy atom. The minimum atomic E-state index is 0.250. The molecular formula is C10H21NO3. The van der Waals surface area contributed by atoms with E-state index in [0.29, 0.717) is 12.8 Å². The van der Waals surface area contributed by atoms with Crippen molar-refractivity contribution in [2.75, 3.05) is 26.6 Å². The highest BCUT2D eigenvalue weighted by atomic mass is 16.7. The predicted molar refractivity (Wildman–Crippen MR) is 54.1 cm³/mol. The number of hydrogen-bond acceptors (Lipinski definition) is 4. The van der Waals surface area contributed by atoms with E-state index in [1.165, 1.54) is 0 Å². The van der Waals surface area contributed by atoms with E-state index in [9.17, 15) is 0 Å². The molecule has 0 spiro atoms. The summed E-state index contributed by atoms with van der Waals surface area (Å²) in [4.78, 5) is 0. The summed E-state index contributed by atoms with van der Waals surface area (Å²) in [6, 6.07) is 0.409. The van der Waals surface area contributed by atoms with Crippen molar-refractivity contribution < 1.29 is 14.6 Å². The topological polar surface area (TPSA) is 50.7 Å². The van der Waals surface area contributed by atoms with Gasteiger partial charge in [0.25, 0.3) is 0 Å². The monoisotopic (exact) mass is 203 g/mol. The van der Waals surface area contributed by atoms with Gasteiger partial charge in [-0.2, -0.15) is 0 Å². The molecule has 0 aromatic rings. The highest BCUT2D eigenvalue weighted by molar-refractivity contribution is 4.69. The molecule has 0 amide bonds. The zero-order valence-corrected chi connectivity index (χ0v) is 8.87. The molecule has 2 atom stereocenters. The van der Waals surface area contributed by atoms with Gasteiger partial charge in [-0.25, -0.2) is 0 Å². The third kappa shape index (κ3) is 4.37. The molecule has 0 aromatic heterocycles. The van der Waals surface area contributed by atoms with E-state index in [2.05, 4.69) is 12.2 Å². The Kier molecular flexibility index (Phi) is 6.10. The molecule has 84 valence electrons. The Morgan fingerprint density at radius 3 is 3.00 bits per heavy atom. The van der Waals surface area contributed by atoms with Gasteiger partial charge in [-0.3, -0.25) is 0 Å². The molecule has 0 saturated carbocycles. The average Bonchev–Trinajstić information content (AvgIpc) is 2.25. The molecule has 1 rings (SSSR count). The van der Waals surface area contributed by atoms with Gasteiger partial charge in [0.05, 0.1) is 12.7 Å². The molecule has 0 bridgehead atoms. The van der Waals surface area contributed by atoms with E-state index in [1.807, 2.05) is 0 Å². The van der Waals surface area contributed by atoms with E-state index in [4.69, 9.17) is 14.6 Å². The van der Waals surface area contributed by atoms with Crippen molar-refractivity contribution in [3.63, 3.8) is 0 Å². The summed E-state index contributed by atoms with van der Waals surface area (Å²) in [5, 5.41) is 12.2. The van der Waals surface area contributed by atoms with Crippen LogP contribution in [0.15, 0.2) is 0 Å². The maximum atomic E-state index is 8.81. The van der Waals surface area contributed by atoms with Crippen molar-refractivity contribution >= 4 is 0 Å². The number of hydrogen-bond donors (Lipinski definition) is 2. The fourth-order valence-corrected chi connectivity index (χ4v) is 1.57. The molecule has 1 saturated heterocycles. The fourth-order valence-electron chi connectivity index (χ4n) is 1.57. The van der Waals surface area contributed by atoms with Crippen molar-refractivity contribution in [1.29, 1.82) is 0 Å². The second kappa shape index (κ2) is 7.17. The molecule has 4 heteroatoms. The Morgan fingerprint density at radius 2 is 2.43 bits per heavy atom. The van der Waals surface area contributed by atoms with Gasteiger partial charge in [-0.1, -0.05) is 6.92 Å². The summed E-state index contributed by atoms with van der Waals surface area (Å²) in [6.45, 7) is 4.45. The van der Waals surface area contributed by atoms with Crippen molar-refractivity contribution in [3.8, 4) is 0 Å². The lowest BCUT2D eigenvalue weighted by atomic mass is 10.1. The van der Waals surface area contributed by atoms with Crippen LogP contribution in [0.5, 0.6) is 0 Å². The molecule has 2 N–H and O–H groups in total. The van der Waals surface area contributed by atoms with E-state index >= 15 is 0 Å². The third-order valence-corrected chi connectivity index (χ3v) is 2.58. The van der Waals surface area contributed by atoms with Gasteiger partial charge in [-0.15, -0.1) is 0 Å². The van der Waals surface area contributed by atoms with Crippen molar-refractivity contribution in [3.05, 3.63) is 0 Å². The maximum absolute atomic E-state index is 8.81. The van der Waals surface area contributed by atoms with Crippen molar-refractivity contribution in [2.45, 2.75) is 38.3 Å². The van der Waals surface area contributed by atoms with Crippen LogP contribution in [-0.2, 0) is 9.47 Å². The van der Waals surface area contributed by atoms with Gasteiger partial charge in [0.15, 0.2) is 0 Å². The second-order valence-corrected chi connectivity index (χ2v) is 3.63. The summed E-state index contributed by atoms with van der Waals surface area (Å²) in [5.41, 5.74) is 0. The van der Waals surface area contributed by atoms with E-state index < -0.39 is 0 Å². The smallest absolute Gasteiger partial charge is 0.147 e. The summed E-state index contributed by atoms with van der Waals surface area (Å²) in [5.74, 6) is 0.